The summed E-state index contributed by atoms with van der Waals surface area (Å²) in [4.78, 5) is 2.35. The summed E-state index contributed by atoms with van der Waals surface area (Å²) in [5, 5.41) is 3.52. The highest BCUT2D eigenvalue weighted by molar-refractivity contribution is 5.74. The van der Waals surface area contributed by atoms with E-state index >= 15 is 0 Å². The highest BCUT2D eigenvalue weighted by Gasteiger charge is 2.15. The van der Waals surface area contributed by atoms with Gasteiger partial charge in [-0.2, -0.15) is 0 Å². The first kappa shape index (κ1) is 22.5. The second kappa shape index (κ2) is 10.8. The molecule has 0 aromatic heterocycles. The predicted molar refractivity (Wildman–Crippen MR) is 151 cm³/mol. The molecule has 1 N–H and O–H groups in total. The number of nitrogens with zero attached hydrogens (tertiary/aromatic N) is 1. The largest absolute Gasteiger partial charge is 0.359 e. The van der Waals surface area contributed by atoms with Crippen LogP contribution in [-0.2, 0) is 0 Å². The number of anilines is 3. The average molecular weight is 455 g/mol. The molecule has 2 heteroatoms. The van der Waals surface area contributed by atoms with Gasteiger partial charge in [0.15, 0.2) is 0 Å². The van der Waals surface area contributed by atoms with Crippen LogP contribution in [0.25, 0.3) is 11.1 Å². The Bertz CT molecular complexity index is 1330. The molecule has 35 heavy (non-hydrogen) atoms. The quantitative estimate of drug-likeness (QED) is 0.399. The Balaban J connectivity index is 1.39. The Morgan fingerprint density at radius 1 is 0.629 bits per heavy atom. The van der Waals surface area contributed by atoms with Crippen LogP contribution in [-0.4, -0.2) is 0 Å². The fourth-order valence-electron chi connectivity index (χ4n) is 4.40. The molecule has 0 saturated carbocycles. The first-order valence-corrected chi connectivity index (χ1v) is 12.2. The molecule has 0 radical (unpaired) electrons. The fraction of sp³-hybridized carbons (Fsp3) is 0.0909. The van der Waals surface area contributed by atoms with Gasteiger partial charge in [0.25, 0.3) is 0 Å². The summed E-state index contributed by atoms with van der Waals surface area (Å²) in [5.41, 5.74) is 9.56. The molecule has 2 nitrogen and oxygen atoms in total. The molecule has 0 atom stereocenters. The van der Waals surface area contributed by atoms with Gasteiger partial charge in [-0.25, -0.2) is 0 Å². The summed E-state index contributed by atoms with van der Waals surface area (Å²) in [6.45, 7) is 2.15. The number of para-hydroxylation sites is 1. The molecule has 3 aromatic rings. The maximum Gasteiger partial charge on any atom is 0.0458 e. The number of allylic oxidation sites excluding steroid dienone is 10. The Morgan fingerprint density at radius 2 is 1.31 bits per heavy atom. The van der Waals surface area contributed by atoms with E-state index < -0.39 is 0 Å². The number of nitrogens with one attached hydrogen (secondary N) is 1. The third-order valence-electron chi connectivity index (χ3n) is 6.16. The monoisotopic (exact) mass is 454 g/mol. The van der Waals surface area contributed by atoms with E-state index in [-0.39, 0.29) is 0 Å². The van der Waals surface area contributed by atoms with Gasteiger partial charge in [-0.05, 0) is 72.2 Å². The van der Waals surface area contributed by atoms with Crippen LogP contribution in [0.5, 0.6) is 0 Å². The minimum Gasteiger partial charge on any atom is -0.359 e. The van der Waals surface area contributed by atoms with Crippen LogP contribution in [0.4, 0.5) is 17.1 Å². The van der Waals surface area contributed by atoms with Gasteiger partial charge in [0.1, 0.15) is 0 Å². The third kappa shape index (κ3) is 5.62. The zero-order valence-electron chi connectivity index (χ0n) is 20.1. The second-order valence-corrected chi connectivity index (χ2v) is 8.81. The molecule has 0 spiro atoms. The normalized spacial score (nSPS) is 14.9. The van der Waals surface area contributed by atoms with Crippen molar-refractivity contribution in [3.63, 3.8) is 0 Å². The van der Waals surface area contributed by atoms with Gasteiger partial charge in [0.05, 0.1) is 0 Å². The molecule has 0 unspecified atom stereocenters. The Hall–Kier alpha value is -4.30. The van der Waals surface area contributed by atoms with Crippen LogP contribution in [0.3, 0.4) is 0 Å². The lowest BCUT2D eigenvalue weighted by molar-refractivity contribution is 1.08. The molecule has 0 amide bonds. The summed E-state index contributed by atoms with van der Waals surface area (Å²) in [6, 6.07) is 28.1. The summed E-state index contributed by atoms with van der Waals surface area (Å²) < 4.78 is 0. The van der Waals surface area contributed by atoms with Crippen molar-refractivity contribution in [1.82, 2.24) is 0 Å². The van der Waals surface area contributed by atoms with Gasteiger partial charge >= 0.3 is 0 Å². The van der Waals surface area contributed by atoms with Crippen LogP contribution < -0.4 is 10.2 Å². The van der Waals surface area contributed by atoms with Crippen molar-refractivity contribution < 1.29 is 0 Å². The van der Waals surface area contributed by atoms with E-state index in [2.05, 4.69) is 151 Å². The van der Waals surface area contributed by atoms with Gasteiger partial charge in [0, 0.05) is 41.3 Å². The molecular weight excluding hydrogens is 424 g/mol. The molecule has 3 aromatic carbocycles. The number of rotatable bonds is 6. The minimum atomic E-state index is 0.890. The van der Waals surface area contributed by atoms with E-state index in [1.54, 1.807) is 0 Å². The summed E-state index contributed by atoms with van der Waals surface area (Å²) in [5.74, 6) is 0. The first-order chi connectivity index (χ1) is 17.3. The van der Waals surface area contributed by atoms with E-state index in [9.17, 15) is 0 Å². The molecule has 0 aliphatic heterocycles. The number of hydrogen-bond acceptors (Lipinski definition) is 2. The highest BCUT2D eigenvalue weighted by Crippen LogP contribution is 2.34. The smallest absolute Gasteiger partial charge is 0.0458 e. The summed E-state index contributed by atoms with van der Waals surface area (Å²) in [7, 11) is 0. The third-order valence-corrected chi connectivity index (χ3v) is 6.16. The maximum atomic E-state index is 3.52. The molecule has 0 bridgehead atoms. The van der Waals surface area contributed by atoms with Crippen molar-refractivity contribution in [2.45, 2.75) is 19.8 Å². The summed E-state index contributed by atoms with van der Waals surface area (Å²) in [6.07, 6.45) is 21.1. The molecule has 172 valence electrons. The highest BCUT2D eigenvalue weighted by atomic mass is 15.1. The SMILES string of the molecule is CC1=CC=CCC(N(c2ccccc2)c2ccc(-c3ccc(NC4=CC=CC=CC4)cc3)cc2)=C1. The van der Waals surface area contributed by atoms with Crippen LogP contribution in [0.2, 0.25) is 0 Å². The summed E-state index contributed by atoms with van der Waals surface area (Å²) >= 11 is 0. The van der Waals surface area contributed by atoms with Crippen molar-refractivity contribution in [3.05, 3.63) is 151 Å². The van der Waals surface area contributed by atoms with Crippen molar-refractivity contribution in [2.75, 3.05) is 10.2 Å². The Labute approximate surface area is 208 Å². The van der Waals surface area contributed by atoms with Crippen molar-refractivity contribution in [1.29, 1.82) is 0 Å². The molecule has 0 heterocycles. The maximum absolute atomic E-state index is 3.52. The Kier molecular flexibility index (Phi) is 6.91. The zero-order valence-corrected chi connectivity index (χ0v) is 20.1. The van der Waals surface area contributed by atoms with Crippen molar-refractivity contribution >= 4 is 17.1 Å². The second-order valence-electron chi connectivity index (χ2n) is 8.81. The van der Waals surface area contributed by atoms with Crippen molar-refractivity contribution in [3.8, 4) is 11.1 Å². The van der Waals surface area contributed by atoms with Crippen LogP contribution in [0, 0.1) is 0 Å². The zero-order chi connectivity index (χ0) is 23.9. The van der Waals surface area contributed by atoms with Crippen LogP contribution >= 0.6 is 0 Å². The van der Waals surface area contributed by atoms with Gasteiger partial charge in [-0.15, -0.1) is 0 Å². The van der Waals surface area contributed by atoms with Crippen molar-refractivity contribution in [2.24, 2.45) is 0 Å². The molecule has 0 fully saturated rings. The van der Waals surface area contributed by atoms with E-state index in [0.717, 1.165) is 24.2 Å². The van der Waals surface area contributed by atoms with Gasteiger partial charge in [-0.1, -0.05) is 85.0 Å². The predicted octanol–water partition coefficient (Wildman–Crippen LogP) is 9.09. The Morgan fingerprint density at radius 3 is 2.09 bits per heavy atom. The first-order valence-electron chi connectivity index (χ1n) is 12.2. The molecule has 2 aliphatic rings. The molecular formula is C33H30N2. The average Bonchev–Trinajstić information content (AvgIpc) is 3.28. The van der Waals surface area contributed by atoms with Gasteiger partial charge < -0.3 is 10.2 Å². The van der Waals surface area contributed by atoms with Crippen LogP contribution in [0.1, 0.15) is 19.8 Å². The topological polar surface area (TPSA) is 15.3 Å². The van der Waals surface area contributed by atoms with E-state index in [1.165, 1.54) is 33.8 Å². The van der Waals surface area contributed by atoms with Crippen LogP contribution in [0.15, 0.2) is 151 Å². The molecule has 5 rings (SSSR count). The number of benzene rings is 3. The minimum absolute atomic E-state index is 0.890. The lowest BCUT2D eigenvalue weighted by Gasteiger charge is -2.28. The van der Waals surface area contributed by atoms with E-state index in [0.29, 0.717) is 0 Å². The molecule has 0 saturated heterocycles. The van der Waals surface area contributed by atoms with E-state index in [1.807, 2.05) is 0 Å². The molecule has 2 aliphatic carbocycles. The fourth-order valence-corrected chi connectivity index (χ4v) is 4.40. The van der Waals surface area contributed by atoms with Gasteiger partial charge in [0.2, 0.25) is 0 Å². The standard InChI is InChI=1S/C33H30N2/c1-26-11-9-10-16-33(25-26)35(31-14-7-4-8-15-31)32-23-19-28(20-24-32)27-17-21-30(22-18-27)34-29-12-5-2-3-6-13-29/h2-12,14-15,17-25,34H,13,16H2,1H3. The lowest BCUT2D eigenvalue weighted by atomic mass is 10.0. The van der Waals surface area contributed by atoms with E-state index in [4.69, 9.17) is 0 Å². The lowest BCUT2D eigenvalue weighted by Crippen LogP contribution is -2.16. The van der Waals surface area contributed by atoms with Gasteiger partial charge in [-0.3, -0.25) is 0 Å². The number of hydrogen-bond donors (Lipinski definition) is 1.